The van der Waals surface area contributed by atoms with E-state index in [0.29, 0.717) is 17.9 Å². The summed E-state index contributed by atoms with van der Waals surface area (Å²) in [6.45, 7) is 0.297. The maximum atomic E-state index is 13.4. The molecule has 0 unspecified atom stereocenters. The van der Waals surface area contributed by atoms with E-state index >= 15 is 0 Å². The minimum atomic E-state index is -0.940. The quantitative estimate of drug-likeness (QED) is 0.202. The lowest BCUT2D eigenvalue weighted by Crippen LogP contribution is -2.54. The average Bonchev–Trinajstić information content (AvgIpc) is 2.95. The Hall–Kier alpha value is -4.53. The van der Waals surface area contributed by atoms with Crippen LogP contribution in [-0.4, -0.2) is 32.1 Å². The Morgan fingerprint density at radius 2 is 1.55 bits per heavy atom. The van der Waals surface area contributed by atoms with Gasteiger partial charge in [0.15, 0.2) is 0 Å². The highest BCUT2D eigenvalue weighted by Crippen LogP contribution is 2.39. The van der Waals surface area contributed by atoms with Crippen LogP contribution in [0.3, 0.4) is 0 Å². The summed E-state index contributed by atoms with van der Waals surface area (Å²) in [5.41, 5.74) is 1.23. The van der Waals surface area contributed by atoms with Crippen molar-refractivity contribution in [2.24, 2.45) is 0 Å². The molecule has 10 heteroatoms. The van der Waals surface area contributed by atoms with E-state index < -0.39 is 17.8 Å². The summed E-state index contributed by atoms with van der Waals surface area (Å²) in [4.78, 5) is 39.6. The summed E-state index contributed by atoms with van der Waals surface area (Å²) < 4.78 is 16.5. The lowest BCUT2D eigenvalue weighted by Gasteiger charge is -2.28. The molecule has 4 aromatic rings. The SMILES string of the molecule is COc1cc(N2C(=O)NC(=O)/C(=C\c3ccc(OCc4cccc5ccccc45)c(Cl)c3)C2=O)c(OC)cc1Cl. The van der Waals surface area contributed by atoms with Gasteiger partial charge in [-0.1, -0.05) is 71.7 Å². The first-order valence-corrected chi connectivity index (χ1v) is 12.8. The molecule has 1 aliphatic rings. The first kappa shape index (κ1) is 27.1. The Balaban J connectivity index is 1.41. The topological polar surface area (TPSA) is 94.2 Å². The third kappa shape index (κ3) is 5.19. The van der Waals surface area contributed by atoms with Gasteiger partial charge in [-0.05, 0) is 40.1 Å². The number of imide groups is 2. The van der Waals surface area contributed by atoms with E-state index in [1.807, 2.05) is 42.5 Å². The largest absolute Gasteiger partial charge is 0.495 e. The summed E-state index contributed by atoms with van der Waals surface area (Å²) in [7, 11) is 2.76. The van der Waals surface area contributed by atoms with E-state index in [1.54, 1.807) is 18.2 Å². The predicted octanol–water partition coefficient (Wildman–Crippen LogP) is 6.41. The van der Waals surface area contributed by atoms with Crippen LogP contribution in [0.15, 0.2) is 78.4 Å². The van der Waals surface area contributed by atoms with E-state index in [0.717, 1.165) is 21.2 Å². The first-order valence-electron chi connectivity index (χ1n) is 12.0. The Morgan fingerprint density at radius 1 is 0.825 bits per heavy atom. The molecule has 0 atom stereocenters. The number of ether oxygens (including phenoxy) is 3. The molecule has 1 heterocycles. The smallest absolute Gasteiger partial charge is 0.336 e. The lowest BCUT2D eigenvalue weighted by atomic mass is 10.1. The zero-order valence-electron chi connectivity index (χ0n) is 21.4. The zero-order chi connectivity index (χ0) is 28.4. The second-order valence-corrected chi connectivity index (χ2v) is 9.55. The van der Waals surface area contributed by atoms with Crippen molar-refractivity contribution < 1.29 is 28.6 Å². The van der Waals surface area contributed by atoms with Gasteiger partial charge in [-0.15, -0.1) is 0 Å². The van der Waals surface area contributed by atoms with Crippen LogP contribution in [-0.2, 0) is 16.2 Å². The van der Waals surface area contributed by atoms with Crippen molar-refractivity contribution >= 4 is 63.6 Å². The molecular weight excluding hydrogens is 555 g/mol. The van der Waals surface area contributed by atoms with E-state index in [9.17, 15) is 14.4 Å². The number of amides is 4. The molecule has 1 N–H and O–H groups in total. The second kappa shape index (κ2) is 11.3. The third-order valence-corrected chi connectivity index (χ3v) is 6.92. The number of carbonyl (C=O) groups excluding carboxylic acids is 3. The van der Waals surface area contributed by atoms with Crippen LogP contribution < -0.4 is 24.4 Å². The average molecular weight is 577 g/mol. The van der Waals surface area contributed by atoms with Gasteiger partial charge in [0.05, 0.1) is 30.0 Å². The fourth-order valence-electron chi connectivity index (χ4n) is 4.36. The number of fused-ring (bicyclic) bond motifs is 1. The van der Waals surface area contributed by atoms with Crippen LogP contribution in [0, 0.1) is 0 Å². The highest BCUT2D eigenvalue weighted by Gasteiger charge is 2.38. The van der Waals surface area contributed by atoms with Crippen LogP contribution in [0.1, 0.15) is 11.1 Å². The van der Waals surface area contributed by atoms with Gasteiger partial charge in [-0.25, -0.2) is 9.69 Å². The number of hydrogen-bond donors (Lipinski definition) is 1. The van der Waals surface area contributed by atoms with Gasteiger partial charge in [0.2, 0.25) is 0 Å². The van der Waals surface area contributed by atoms with Gasteiger partial charge >= 0.3 is 6.03 Å². The van der Waals surface area contributed by atoms with Crippen molar-refractivity contribution in [1.29, 1.82) is 0 Å². The number of methoxy groups -OCH3 is 2. The van der Waals surface area contributed by atoms with Crippen LogP contribution in [0.2, 0.25) is 10.0 Å². The maximum Gasteiger partial charge on any atom is 0.336 e. The van der Waals surface area contributed by atoms with Gasteiger partial charge in [-0.2, -0.15) is 0 Å². The molecule has 8 nitrogen and oxygen atoms in total. The molecule has 0 bridgehead atoms. The standard InChI is InChI=1S/C30H22Cl2N2O6/c1-38-26-15-24(27(39-2)14-23(26)32)34-29(36)21(28(35)33-30(34)37)12-17-10-11-25(22(31)13-17)40-16-19-8-5-7-18-6-3-4-9-20(18)19/h3-15H,16H2,1-2H3,(H,33,35,37)/b21-12+. The van der Waals surface area contributed by atoms with Gasteiger partial charge < -0.3 is 14.2 Å². The zero-order valence-corrected chi connectivity index (χ0v) is 22.9. The summed E-state index contributed by atoms with van der Waals surface area (Å²) >= 11 is 12.7. The van der Waals surface area contributed by atoms with Crippen molar-refractivity contribution in [1.82, 2.24) is 5.32 Å². The van der Waals surface area contributed by atoms with Gasteiger partial charge in [0.25, 0.3) is 11.8 Å². The number of urea groups is 1. The number of carbonyl (C=O) groups is 3. The van der Waals surface area contributed by atoms with Gasteiger partial charge in [0.1, 0.15) is 29.4 Å². The molecule has 40 heavy (non-hydrogen) atoms. The third-order valence-electron chi connectivity index (χ3n) is 6.33. The van der Waals surface area contributed by atoms with Crippen LogP contribution in [0.4, 0.5) is 10.5 Å². The molecule has 202 valence electrons. The normalized spacial score (nSPS) is 14.4. The number of halogens is 2. The van der Waals surface area contributed by atoms with Crippen LogP contribution in [0.25, 0.3) is 16.8 Å². The van der Waals surface area contributed by atoms with E-state index in [4.69, 9.17) is 37.4 Å². The maximum absolute atomic E-state index is 13.4. The minimum absolute atomic E-state index is 0.0554. The highest BCUT2D eigenvalue weighted by atomic mass is 35.5. The molecule has 1 fully saturated rings. The van der Waals surface area contributed by atoms with Gasteiger partial charge in [-0.3, -0.25) is 14.9 Å². The molecule has 4 amide bonds. The van der Waals surface area contributed by atoms with Crippen LogP contribution >= 0.6 is 23.2 Å². The Morgan fingerprint density at radius 3 is 2.30 bits per heavy atom. The molecule has 1 saturated heterocycles. The number of nitrogens with one attached hydrogen (secondary N) is 1. The molecule has 0 aromatic heterocycles. The van der Waals surface area contributed by atoms with Crippen molar-refractivity contribution in [2.75, 3.05) is 19.1 Å². The molecule has 0 spiro atoms. The summed E-state index contributed by atoms with van der Waals surface area (Å²) in [5, 5.41) is 4.88. The lowest BCUT2D eigenvalue weighted by molar-refractivity contribution is -0.122. The molecular formula is C30H22Cl2N2O6. The number of nitrogens with zero attached hydrogens (tertiary/aromatic N) is 1. The fourth-order valence-corrected chi connectivity index (χ4v) is 4.83. The van der Waals surface area contributed by atoms with E-state index in [2.05, 4.69) is 5.32 Å². The monoisotopic (exact) mass is 576 g/mol. The summed E-state index contributed by atoms with van der Waals surface area (Å²) in [6.07, 6.45) is 1.34. The Bertz CT molecular complexity index is 1700. The summed E-state index contributed by atoms with van der Waals surface area (Å²) in [6, 6.07) is 20.7. The van der Waals surface area contributed by atoms with Crippen molar-refractivity contribution in [3.63, 3.8) is 0 Å². The number of benzene rings is 4. The summed E-state index contributed by atoms with van der Waals surface area (Å²) in [5.74, 6) is -0.918. The Labute approximate surface area is 239 Å². The predicted molar refractivity (Wildman–Crippen MR) is 153 cm³/mol. The van der Waals surface area contributed by atoms with Gasteiger partial charge in [0, 0.05) is 12.1 Å². The number of anilines is 1. The van der Waals surface area contributed by atoms with Crippen molar-refractivity contribution in [3.05, 3.63) is 99.5 Å². The first-order chi connectivity index (χ1) is 19.3. The number of rotatable bonds is 7. The fraction of sp³-hybridized carbons (Fsp3) is 0.100. The molecule has 5 rings (SSSR count). The molecule has 4 aromatic carbocycles. The second-order valence-electron chi connectivity index (χ2n) is 8.73. The highest BCUT2D eigenvalue weighted by molar-refractivity contribution is 6.40. The molecule has 0 radical (unpaired) electrons. The van der Waals surface area contributed by atoms with E-state index in [1.165, 1.54) is 32.4 Å². The van der Waals surface area contributed by atoms with Crippen LogP contribution in [0.5, 0.6) is 17.2 Å². The van der Waals surface area contributed by atoms with Crippen molar-refractivity contribution in [2.45, 2.75) is 6.61 Å². The van der Waals surface area contributed by atoms with Crippen molar-refractivity contribution in [3.8, 4) is 17.2 Å². The molecule has 0 saturated carbocycles. The van der Waals surface area contributed by atoms with E-state index in [-0.39, 0.29) is 32.8 Å². The molecule has 1 aliphatic heterocycles. The molecule has 0 aliphatic carbocycles. The number of hydrogen-bond acceptors (Lipinski definition) is 6. The number of barbiturate groups is 1. The minimum Gasteiger partial charge on any atom is -0.495 e. The Kier molecular flexibility index (Phi) is 7.64.